The average Bonchev–Trinajstić information content (AvgIpc) is 3.15. The van der Waals surface area contributed by atoms with Crippen LogP contribution in [0, 0.1) is 0 Å². The zero-order chi connectivity index (χ0) is 20.9. The summed E-state index contributed by atoms with van der Waals surface area (Å²) >= 11 is 0. The average molecular weight is 407 g/mol. The molecule has 4 rings (SSSR count). The summed E-state index contributed by atoms with van der Waals surface area (Å²) in [6, 6.07) is 15.8. The summed E-state index contributed by atoms with van der Waals surface area (Å²) < 4.78 is 0. The Morgan fingerprint density at radius 2 is 1.73 bits per heavy atom. The summed E-state index contributed by atoms with van der Waals surface area (Å²) in [5.74, 6) is -1.23. The van der Waals surface area contributed by atoms with Crippen LogP contribution in [0.4, 0.5) is 11.4 Å². The van der Waals surface area contributed by atoms with Gasteiger partial charge in [-0.3, -0.25) is 14.5 Å². The maximum atomic E-state index is 12.4. The highest BCUT2D eigenvalue weighted by molar-refractivity contribution is 6.39. The fourth-order valence-corrected chi connectivity index (χ4v) is 4.46. The van der Waals surface area contributed by atoms with Crippen molar-refractivity contribution in [2.75, 3.05) is 43.4 Å². The van der Waals surface area contributed by atoms with E-state index in [4.69, 9.17) is 0 Å². The number of carbonyl (C=O) groups is 2. The highest BCUT2D eigenvalue weighted by atomic mass is 16.2. The van der Waals surface area contributed by atoms with E-state index in [1.165, 1.54) is 36.1 Å². The Hall–Kier alpha value is -2.86. The molecule has 1 fully saturated rings. The van der Waals surface area contributed by atoms with E-state index in [0.29, 0.717) is 12.2 Å². The molecule has 0 unspecified atom stereocenters. The van der Waals surface area contributed by atoms with Crippen molar-refractivity contribution in [3.8, 4) is 0 Å². The second-order valence-corrected chi connectivity index (χ2v) is 8.20. The van der Waals surface area contributed by atoms with Crippen molar-refractivity contribution in [3.05, 3.63) is 59.7 Å². The number of amides is 2. The minimum Gasteiger partial charge on any atom is -0.374 e. The van der Waals surface area contributed by atoms with E-state index in [1.54, 1.807) is 12.1 Å². The van der Waals surface area contributed by atoms with Crippen LogP contribution in [-0.2, 0) is 16.0 Å². The van der Waals surface area contributed by atoms with Crippen molar-refractivity contribution in [1.82, 2.24) is 10.2 Å². The first kappa shape index (κ1) is 20.4. The van der Waals surface area contributed by atoms with E-state index >= 15 is 0 Å². The summed E-state index contributed by atoms with van der Waals surface area (Å²) in [6.45, 7) is 3.51. The third-order valence-corrected chi connectivity index (χ3v) is 6.14. The van der Waals surface area contributed by atoms with Crippen LogP contribution in [0.1, 0.15) is 36.4 Å². The molecule has 0 aromatic heterocycles. The van der Waals surface area contributed by atoms with Crippen molar-refractivity contribution in [1.29, 1.82) is 0 Å². The Balaban J connectivity index is 1.45. The number of likely N-dealkylation sites (N-methyl/N-ethyl adjacent to an activating group) is 1. The van der Waals surface area contributed by atoms with E-state index < -0.39 is 11.8 Å². The van der Waals surface area contributed by atoms with Crippen molar-refractivity contribution in [2.24, 2.45) is 0 Å². The molecule has 0 spiro atoms. The first-order chi connectivity index (χ1) is 14.6. The Morgan fingerprint density at radius 1 is 0.967 bits per heavy atom. The zero-order valence-corrected chi connectivity index (χ0v) is 17.6. The number of piperidine rings is 1. The number of rotatable bonds is 5. The fourth-order valence-electron chi connectivity index (χ4n) is 4.46. The van der Waals surface area contributed by atoms with Gasteiger partial charge in [-0.15, -0.1) is 0 Å². The molecular weight excluding hydrogens is 376 g/mol. The molecule has 1 saturated heterocycles. The van der Waals surface area contributed by atoms with Gasteiger partial charge in [-0.2, -0.15) is 0 Å². The van der Waals surface area contributed by atoms with Gasteiger partial charge in [0, 0.05) is 31.5 Å². The topological polar surface area (TPSA) is 64.7 Å². The molecule has 2 N–H and O–H groups in total. The van der Waals surface area contributed by atoms with Gasteiger partial charge >= 0.3 is 11.8 Å². The predicted molar refractivity (Wildman–Crippen MR) is 120 cm³/mol. The van der Waals surface area contributed by atoms with E-state index in [-0.39, 0.29) is 6.04 Å². The maximum Gasteiger partial charge on any atom is 0.313 e. The first-order valence-corrected chi connectivity index (χ1v) is 10.8. The predicted octanol–water partition coefficient (Wildman–Crippen LogP) is 2.96. The number of hydrogen-bond donors (Lipinski definition) is 2. The van der Waals surface area contributed by atoms with Crippen LogP contribution in [0.2, 0.25) is 0 Å². The molecule has 2 aliphatic rings. The Kier molecular flexibility index (Phi) is 6.33. The van der Waals surface area contributed by atoms with Crippen molar-refractivity contribution in [2.45, 2.75) is 31.7 Å². The molecule has 2 amide bonds. The van der Waals surface area contributed by atoms with E-state index in [1.807, 2.05) is 18.2 Å². The number of anilines is 2. The minimum absolute atomic E-state index is 0.0787. The Bertz CT molecular complexity index is 893. The van der Waals surface area contributed by atoms with Crippen LogP contribution >= 0.6 is 0 Å². The van der Waals surface area contributed by atoms with Crippen LogP contribution in [0.5, 0.6) is 0 Å². The zero-order valence-electron chi connectivity index (χ0n) is 17.6. The molecule has 2 aromatic carbocycles. The summed E-state index contributed by atoms with van der Waals surface area (Å²) in [7, 11) is 2.12. The second kappa shape index (κ2) is 9.30. The number of hydrogen-bond acceptors (Lipinski definition) is 4. The van der Waals surface area contributed by atoms with Crippen LogP contribution in [-0.4, -0.2) is 49.9 Å². The Labute approximate surface area is 178 Å². The molecule has 2 heterocycles. The number of benzene rings is 2. The first-order valence-electron chi connectivity index (χ1n) is 10.8. The van der Waals surface area contributed by atoms with E-state index in [0.717, 1.165) is 26.1 Å². The molecule has 6 nitrogen and oxygen atoms in total. The van der Waals surface area contributed by atoms with Gasteiger partial charge in [0.15, 0.2) is 0 Å². The van der Waals surface area contributed by atoms with Gasteiger partial charge in [-0.1, -0.05) is 36.8 Å². The fraction of sp³-hybridized carbons (Fsp3) is 0.417. The lowest BCUT2D eigenvalue weighted by Gasteiger charge is -2.35. The number of likely N-dealkylation sites (tertiary alicyclic amines) is 1. The Morgan fingerprint density at radius 3 is 2.50 bits per heavy atom. The number of para-hydroxylation sites is 1. The quantitative estimate of drug-likeness (QED) is 0.750. The lowest BCUT2D eigenvalue weighted by atomic mass is 9.98. The standard InChI is InChI=1S/C24H30N4O2/c1-27-15-12-19-16-18(10-11-21(19)27)22(28-13-6-3-7-14-28)17-25-23(29)24(30)26-20-8-4-2-5-9-20/h2,4-5,8-11,16,22H,3,6-7,12-15,17H2,1H3,(H,25,29)(H,26,30)/t22-/m0/s1. The van der Waals surface area contributed by atoms with Crippen molar-refractivity contribution >= 4 is 23.2 Å². The lowest BCUT2D eigenvalue weighted by Crippen LogP contribution is -2.43. The molecule has 1 atom stereocenters. The highest BCUT2D eigenvalue weighted by Crippen LogP contribution is 2.32. The number of nitrogens with zero attached hydrogens (tertiary/aromatic N) is 2. The smallest absolute Gasteiger partial charge is 0.313 e. The second-order valence-electron chi connectivity index (χ2n) is 8.20. The highest BCUT2D eigenvalue weighted by Gasteiger charge is 2.26. The van der Waals surface area contributed by atoms with Crippen LogP contribution in [0.25, 0.3) is 0 Å². The molecule has 0 bridgehead atoms. The van der Waals surface area contributed by atoms with Gasteiger partial charge in [0.25, 0.3) is 0 Å². The van der Waals surface area contributed by atoms with E-state index in [9.17, 15) is 9.59 Å². The summed E-state index contributed by atoms with van der Waals surface area (Å²) in [4.78, 5) is 29.5. The van der Waals surface area contributed by atoms with Gasteiger partial charge in [0.05, 0.1) is 6.04 Å². The normalized spacial score (nSPS) is 17.3. The summed E-state index contributed by atoms with van der Waals surface area (Å²) in [5.41, 5.74) is 4.50. The van der Waals surface area contributed by atoms with Gasteiger partial charge in [-0.25, -0.2) is 0 Å². The molecular formula is C24H30N4O2. The maximum absolute atomic E-state index is 12.4. The van der Waals surface area contributed by atoms with Gasteiger partial charge in [0.2, 0.25) is 0 Å². The molecule has 0 saturated carbocycles. The summed E-state index contributed by atoms with van der Waals surface area (Å²) in [5, 5.41) is 5.53. The molecule has 30 heavy (non-hydrogen) atoms. The van der Waals surface area contributed by atoms with E-state index in [2.05, 4.69) is 45.7 Å². The molecule has 2 aliphatic heterocycles. The monoisotopic (exact) mass is 406 g/mol. The third kappa shape index (κ3) is 4.65. The largest absolute Gasteiger partial charge is 0.374 e. The number of fused-ring (bicyclic) bond motifs is 1. The molecule has 0 radical (unpaired) electrons. The van der Waals surface area contributed by atoms with Crippen molar-refractivity contribution < 1.29 is 9.59 Å². The van der Waals surface area contributed by atoms with Crippen LogP contribution in [0.15, 0.2) is 48.5 Å². The van der Waals surface area contributed by atoms with Crippen LogP contribution in [0.3, 0.4) is 0 Å². The SMILES string of the molecule is CN1CCc2cc([C@H](CNC(=O)C(=O)Nc3ccccc3)N3CCCCC3)ccc21. The minimum atomic E-state index is -0.630. The van der Waals surface area contributed by atoms with Gasteiger partial charge in [0.1, 0.15) is 0 Å². The summed E-state index contributed by atoms with van der Waals surface area (Å²) in [6.07, 6.45) is 4.65. The number of carbonyl (C=O) groups excluding carboxylic acids is 2. The van der Waals surface area contributed by atoms with Crippen molar-refractivity contribution in [3.63, 3.8) is 0 Å². The van der Waals surface area contributed by atoms with Gasteiger partial charge < -0.3 is 15.5 Å². The molecule has 6 heteroatoms. The lowest BCUT2D eigenvalue weighted by molar-refractivity contribution is -0.136. The van der Waals surface area contributed by atoms with Gasteiger partial charge in [-0.05, 0) is 61.7 Å². The third-order valence-electron chi connectivity index (χ3n) is 6.14. The molecule has 0 aliphatic carbocycles. The number of nitrogens with one attached hydrogen (secondary N) is 2. The molecule has 2 aromatic rings. The molecule has 158 valence electrons. The van der Waals surface area contributed by atoms with Crippen LogP contribution < -0.4 is 15.5 Å².